The van der Waals surface area contributed by atoms with E-state index in [0.29, 0.717) is 45.4 Å². The Kier molecular flexibility index (Phi) is 5.17. The molecule has 0 spiro atoms. The van der Waals surface area contributed by atoms with Crippen LogP contribution in [0.3, 0.4) is 0 Å². The molecule has 156 valence electrons. The number of alkyl halides is 2. The zero-order valence-electron chi connectivity index (χ0n) is 16.4. The van der Waals surface area contributed by atoms with Crippen LogP contribution in [0.5, 0.6) is 5.88 Å². The third-order valence-corrected chi connectivity index (χ3v) is 4.46. The number of anilines is 2. The Labute approximate surface area is 174 Å². The maximum Gasteiger partial charge on any atom is 0.388 e. The van der Waals surface area contributed by atoms with Crippen molar-refractivity contribution in [3.05, 3.63) is 65.4 Å². The van der Waals surface area contributed by atoms with Crippen LogP contribution in [0.4, 0.5) is 24.7 Å². The molecule has 0 amide bonds. The lowest BCUT2D eigenvalue weighted by Crippen LogP contribution is -2.06. The number of nitrogens with one attached hydrogen (secondary N) is 1. The summed E-state index contributed by atoms with van der Waals surface area (Å²) in [7, 11) is 0. The first kappa shape index (κ1) is 20.2. The number of hydrogen-bond donors (Lipinski definition) is 1. The van der Waals surface area contributed by atoms with Crippen molar-refractivity contribution in [1.29, 1.82) is 5.26 Å². The number of ether oxygens (including phenoxy) is 1. The van der Waals surface area contributed by atoms with E-state index in [0.717, 1.165) is 0 Å². The minimum Gasteiger partial charge on any atom is -0.417 e. The van der Waals surface area contributed by atoms with Crippen LogP contribution in [-0.2, 0) is 0 Å². The first-order valence-corrected chi connectivity index (χ1v) is 9.09. The fourth-order valence-corrected chi connectivity index (χ4v) is 3.21. The van der Waals surface area contributed by atoms with Gasteiger partial charge in [-0.25, -0.2) is 19.3 Å². The van der Waals surface area contributed by atoms with E-state index in [-0.39, 0.29) is 5.88 Å². The molecule has 0 aliphatic carbocycles. The predicted molar refractivity (Wildman–Crippen MR) is 107 cm³/mol. The largest absolute Gasteiger partial charge is 0.417 e. The van der Waals surface area contributed by atoms with Crippen molar-refractivity contribution in [2.45, 2.75) is 20.5 Å². The summed E-state index contributed by atoms with van der Waals surface area (Å²) >= 11 is 0. The number of pyridine rings is 3. The molecule has 0 aromatic carbocycles. The van der Waals surface area contributed by atoms with Crippen molar-refractivity contribution >= 4 is 17.2 Å². The lowest BCUT2D eigenvalue weighted by Gasteiger charge is -2.11. The van der Waals surface area contributed by atoms with E-state index in [1.807, 2.05) is 0 Å². The lowest BCUT2D eigenvalue weighted by molar-refractivity contribution is -0.0533. The van der Waals surface area contributed by atoms with Gasteiger partial charge in [0.15, 0.2) is 0 Å². The number of nitrogens with zero attached hydrogens (tertiary/aromatic N) is 5. The summed E-state index contributed by atoms with van der Waals surface area (Å²) in [6, 6.07) is 9.62. The third-order valence-electron chi connectivity index (χ3n) is 4.46. The molecule has 4 aromatic rings. The highest BCUT2D eigenvalue weighted by molar-refractivity contribution is 5.69. The number of rotatable bonds is 5. The number of aryl methyl sites for hydroxylation is 2. The quantitative estimate of drug-likeness (QED) is 0.497. The second-order valence-corrected chi connectivity index (χ2v) is 6.71. The van der Waals surface area contributed by atoms with Crippen molar-refractivity contribution in [2.75, 3.05) is 5.32 Å². The lowest BCUT2D eigenvalue weighted by atomic mass is 10.1. The minimum atomic E-state index is -2.97. The van der Waals surface area contributed by atoms with Crippen LogP contribution >= 0.6 is 0 Å². The maximum atomic E-state index is 13.8. The third kappa shape index (κ3) is 4.11. The fraction of sp³-hybridized carbons (Fsp3) is 0.143. The molecule has 0 radical (unpaired) electrons. The normalized spacial score (nSPS) is 11.0. The summed E-state index contributed by atoms with van der Waals surface area (Å²) in [5, 5.41) is 12.5. The van der Waals surface area contributed by atoms with Gasteiger partial charge in [-0.2, -0.15) is 14.0 Å². The van der Waals surface area contributed by atoms with E-state index in [4.69, 9.17) is 0 Å². The van der Waals surface area contributed by atoms with Crippen LogP contribution < -0.4 is 10.1 Å². The summed E-state index contributed by atoms with van der Waals surface area (Å²) < 4.78 is 44.6. The van der Waals surface area contributed by atoms with Crippen LogP contribution in [0.25, 0.3) is 17.0 Å². The van der Waals surface area contributed by atoms with Crippen LogP contribution in [-0.4, -0.2) is 26.0 Å². The Morgan fingerprint density at radius 3 is 2.68 bits per heavy atom. The molecular formula is C21H15F3N6O. The molecule has 7 nitrogen and oxygen atoms in total. The van der Waals surface area contributed by atoms with Crippen molar-refractivity contribution in [1.82, 2.24) is 19.4 Å². The number of hydrogen-bond acceptors (Lipinski definition) is 6. The monoisotopic (exact) mass is 424 g/mol. The van der Waals surface area contributed by atoms with Gasteiger partial charge in [-0.05, 0) is 44.2 Å². The molecule has 0 fully saturated rings. The summed E-state index contributed by atoms with van der Waals surface area (Å²) in [5.74, 6) is -0.291. The minimum absolute atomic E-state index is 0.177. The maximum absolute atomic E-state index is 13.8. The molecule has 0 saturated heterocycles. The molecule has 4 heterocycles. The van der Waals surface area contributed by atoms with Gasteiger partial charge >= 0.3 is 6.61 Å². The highest BCUT2D eigenvalue weighted by Gasteiger charge is 2.16. The second kappa shape index (κ2) is 7.95. The number of aromatic nitrogens is 4. The Morgan fingerprint density at radius 2 is 1.97 bits per heavy atom. The molecule has 0 bridgehead atoms. The molecule has 0 atom stereocenters. The van der Waals surface area contributed by atoms with Crippen molar-refractivity contribution in [3.63, 3.8) is 0 Å². The first-order chi connectivity index (χ1) is 14.8. The average Bonchev–Trinajstić information content (AvgIpc) is 3.04. The highest BCUT2D eigenvalue weighted by Crippen LogP contribution is 2.28. The van der Waals surface area contributed by atoms with Gasteiger partial charge in [-0.3, -0.25) is 4.40 Å². The molecule has 0 unspecified atom stereocenters. The Bertz CT molecular complexity index is 1330. The molecule has 0 aliphatic rings. The van der Waals surface area contributed by atoms with Gasteiger partial charge in [0.05, 0.1) is 40.6 Å². The van der Waals surface area contributed by atoms with E-state index in [1.54, 1.807) is 36.4 Å². The SMILES string of the molecule is Cc1cc(Nc2cc(C#N)cc(-c3c(C)nc4ccc(F)cn34)n2)cnc1OC(F)F. The molecule has 0 aliphatic heterocycles. The molecular weight excluding hydrogens is 409 g/mol. The van der Waals surface area contributed by atoms with Gasteiger partial charge < -0.3 is 10.1 Å². The number of nitriles is 1. The van der Waals surface area contributed by atoms with Gasteiger partial charge in [-0.1, -0.05) is 0 Å². The molecule has 4 aromatic heterocycles. The summed E-state index contributed by atoms with van der Waals surface area (Å²) in [6.07, 6.45) is 2.62. The van der Waals surface area contributed by atoms with Crippen molar-refractivity contribution in [3.8, 4) is 23.3 Å². The standard InChI is InChI=1S/C21H15F3N6O/c1-11-5-15(9-26-20(11)31-21(23)24)28-17-7-13(8-25)6-16(29-17)19-12(2)27-18-4-3-14(22)10-30(18)19/h3-7,9-10,21H,1-2H3,(H,28,29). The van der Waals surface area contributed by atoms with E-state index in [9.17, 15) is 18.4 Å². The van der Waals surface area contributed by atoms with Crippen LogP contribution in [0.15, 0.2) is 42.7 Å². The van der Waals surface area contributed by atoms with Crippen molar-refractivity contribution < 1.29 is 17.9 Å². The van der Waals surface area contributed by atoms with Gasteiger partial charge in [0.2, 0.25) is 5.88 Å². The number of imidazole rings is 1. The zero-order chi connectivity index (χ0) is 22.1. The molecule has 10 heteroatoms. The van der Waals surface area contributed by atoms with Gasteiger partial charge in [0.25, 0.3) is 0 Å². The summed E-state index contributed by atoms with van der Waals surface area (Å²) in [5.41, 5.74) is 3.31. The topological polar surface area (TPSA) is 88.1 Å². The van der Waals surface area contributed by atoms with Crippen LogP contribution in [0.1, 0.15) is 16.8 Å². The molecule has 4 rings (SSSR count). The molecule has 1 N–H and O–H groups in total. The fourth-order valence-electron chi connectivity index (χ4n) is 3.21. The highest BCUT2D eigenvalue weighted by atomic mass is 19.3. The van der Waals surface area contributed by atoms with Crippen LogP contribution in [0.2, 0.25) is 0 Å². The first-order valence-electron chi connectivity index (χ1n) is 9.09. The van der Waals surface area contributed by atoms with Gasteiger partial charge in [0, 0.05) is 11.8 Å². The second-order valence-electron chi connectivity index (χ2n) is 6.71. The Hall–Kier alpha value is -4.13. The van der Waals surface area contributed by atoms with E-state index in [1.165, 1.54) is 24.5 Å². The number of fused-ring (bicyclic) bond motifs is 1. The summed E-state index contributed by atoms with van der Waals surface area (Å²) in [4.78, 5) is 12.8. The van der Waals surface area contributed by atoms with Crippen molar-refractivity contribution in [2.24, 2.45) is 0 Å². The number of halogens is 3. The molecule has 0 saturated carbocycles. The molecule has 31 heavy (non-hydrogen) atoms. The smallest absolute Gasteiger partial charge is 0.388 e. The zero-order valence-corrected chi connectivity index (χ0v) is 16.4. The Balaban J connectivity index is 1.75. The predicted octanol–water partition coefficient (Wildman–Crippen LogP) is 4.76. The summed E-state index contributed by atoms with van der Waals surface area (Å²) in [6.45, 7) is 0.375. The van der Waals surface area contributed by atoms with E-state index >= 15 is 0 Å². The van der Waals surface area contributed by atoms with Gasteiger partial charge in [-0.15, -0.1) is 0 Å². The van der Waals surface area contributed by atoms with E-state index in [2.05, 4.69) is 31.1 Å². The van der Waals surface area contributed by atoms with E-state index < -0.39 is 12.4 Å². The van der Waals surface area contributed by atoms with Crippen LogP contribution in [0, 0.1) is 31.0 Å². The van der Waals surface area contributed by atoms with Gasteiger partial charge in [0.1, 0.15) is 17.3 Å². The Morgan fingerprint density at radius 1 is 1.16 bits per heavy atom. The average molecular weight is 424 g/mol.